The van der Waals surface area contributed by atoms with Crippen molar-refractivity contribution in [1.82, 2.24) is 10.2 Å². The normalized spacial score (nSPS) is 28.4. The smallest absolute Gasteiger partial charge is 0.00955 e. The highest BCUT2D eigenvalue weighted by molar-refractivity contribution is 4.94. The number of rotatable bonds is 7. The molecule has 0 amide bonds. The van der Waals surface area contributed by atoms with Gasteiger partial charge in [0.25, 0.3) is 0 Å². The summed E-state index contributed by atoms with van der Waals surface area (Å²) in [5, 5.41) is 3.63. The summed E-state index contributed by atoms with van der Waals surface area (Å²) >= 11 is 0. The van der Waals surface area contributed by atoms with Gasteiger partial charge >= 0.3 is 0 Å². The first-order valence-corrected chi connectivity index (χ1v) is 8.98. The monoisotopic (exact) mass is 280 g/mol. The van der Waals surface area contributed by atoms with Crippen LogP contribution in [0.1, 0.15) is 66.2 Å². The fraction of sp³-hybridized carbons (Fsp3) is 1.00. The Morgan fingerprint density at radius 2 is 1.85 bits per heavy atom. The SMILES string of the molecule is CC(C)CCN(CC1(C(C)C)CCNC1)C1CCCC1. The molecular weight excluding hydrogens is 244 g/mol. The summed E-state index contributed by atoms with van der Waals surface area (Å²) in [6.45, 7) is 14.7. The van der Waals surface area contributed by atoms with Crippen LogP contribution in [0.15, 0.2) is 0 Å². The van der Waals surface area contributed by atoms with E-state index in [1.165, 1.54) is 64.7 Å². The molecule has 0 aromatic carbocycles. The van der Waals surface area contributed by atoms with E-state index in [2.05, 4.69) is 37.9 Å². The minimum absolute atomic E-state index is 0.527. The molecule has 0 aromatic rings. The van der Waals surface area contributed by atoms with Gasteiger partial charge < -0.3 is 5.32 Å². The molecule has 2 aliphatic rings. The van der Waals surface area contributed by atoms with Crippen molar-refractivity contribution in [2.45, 2.75) is 72.3 Å². The van der Waals surface area contributed by atoms with Gasteiger partial charge in [-0.1, -0.05) is 40.5 Å². The highest BCUT2D eigenvalue weighted by atomic mass is 15.2. The van der Waals surface area contributed by atoms with Gasteiger partial charge in [-0.05, 0) is 56.0 Å². The molecule has 2 heteroatoms. The lowest BCUT2D eigenvalue weighted by Gasteiger charge is -2.41. The van der Waals surface area contributed by atoms with E-state index in [0.29, 0.717) is 5.41 Å². The summed E-state index contributed by atoms with van der Waals surface area (Å²) in [7, 11) is 0. The Kier molecular flexibility index (Phi) is 5.92. The molecule has 20 heavy (non-hydrogen) atoms. The molecule has 1 N–H and O–H groups in total. The topological polar surface area (TPSA) is 15.3 Å². The van der Waals surface area contributed by atoms with Crippen LogP contribution in [-0.2, 0) is 0 Å². The van der Waals surface area contributed by atoms with Gasteiger partial charge in [0.2, 0.25) is 0 Å². The maximum absolute atomic E-state index is 3.63. The van der Waals surface area contributed by atoms with E-state index in [1.807, 2.05) is 0 Å². The molecule has 0 aromatic heterocycles. The van der Waals surface area contributed by atoms with Crippen LogP contribution in [0.3, 0.4) is 0 Å². The van der Waals surface area contributed by atoms with E-state index in [1.54, 1.807) is 0 Å². The lowest BCUT2D eigenvalue weighted by atomic mass is 9.75. The molecule has 2 rings (SSSR count). The number of hydrogen-bond acceptors (Lipinski definition) is 2. The first-order valence-electron chi connectivity index (χ1n) is 8.98. The van der Waals surface area contributed by atoms with Crippen molar-refractivity contribution in [2.75, 3.05) is 26.2 Å². The van der Waals surface area contributed by atoms with Crippen molar-refractivity contribution >= 4 is 0 Å². The first kappa shape index (κ1) is 16.3. The lowest BCUT2D eigenvalue weighted by molar-refractivity contribution is 0.0822. The second-order valence-corrected chi connectivity index (χ2v) is 8.04. The Balaban J connectivity index is 2.01. The molecule has 0 spiro atoms. The van der Waals surface area contributed by atoms with Gasteiger partial charge in [-0.15, -0.1) is 0 Å². The summed E-state index contributed by atoms with van der Waals surface area (Å²) in [6.07, 6.45) is 8.53. The fourth-order valence-electron chi connectivity index (χ4n) is 4.06. The van der Waals surface area contributed by atoms with E-state index in [-0.39, 0.29) is 0 Å². The van der Waals surface area contributed by atoms with Crippen molar-refractivity contribution in [2.24, 2.45) is 17.3 Å². The summed E-state index contributed by atoms with van der Waals surface area (Å²) in [6, 6.07) is 0.880. The zero-order valence-electron chi connectivity index (χ0n) is 14.3. The third kappa shape index (κ3) is 3.98. The Hall–Kier alpha value is -0.0800. The summed E-state index contributed by atoms with van der Waals surface area (Å²) < 4.78 is 0. The van der Waals surface area contributed by atoms with Crippen LogP contribution in [0.25, 0.3) is 0 Å². The highest BCUT2D eigenvalue weighted by Gasteiger charge is 2.39. The van der Waals surface area contributed by atoms with Crippen molar-refractivity contribution in [3.05, 3.63) is 0 Å². The zero-order valence-corrected chi connectivity index (χ0v) is 14.3. The van der Waals surface area contributed by atoms with Gasteiger partial charge in [0.05, 0.1) is 0 Å². The fourth-order valence-corrected chi connectivity index (χ4v) is 4.06. The third-order valence-electron chi connectivity index (χ3n) is 5.85. The zero-order chi connectivity index (χ0) is 14.6. The number of hydrogen-bond donors (Lipinski definition) is 1. The van der Waals surface area contributed by atoms with Gasteiger partial charge in [-0.2, -0.15) is 0 Å². The van der Waals surface area contributed by atoms with E-state index in [0.717, 1.165) is 17.9 Å². The second-order valence-electron chi connectivity index (χ2n) is 8.04. The van der Waals surface area contributed by atoms with Crippen LogP contribution in [0, 0.1) is 17.3 Å². The molecule has 2 fully saturated rings. The molecule has 2 nitrogen and oxygen atoms in total. The maximum atomic E-state index is 3.63. The summed E-state index contributed by atoms with van der Waals surface area (Å²) in [4.78, 5) is 2.88. The predicted molar refractivity (Wildman–Crippen MR) is 88.0 cm³/mol. The number of nitrogens with one attached hydrogen (secondary N) is 1. The number of nitrogens with zero attached hydrogens (tertiary/aromatic N) is 1. The molecule has 1 atom stereocenters. The molecule has 1 saturated heterocycles. The Bertz CT molecular complexity index is 273. The van der Waals surface area contributed by atoms with Gasteiger partial charge in [-0.25, -0.2) is 0 Å². The Morgan fingerprint density at radius 3 is 2.35 bits per heavy atom. The van der Waals surface area contributed by atoms with Gasteiger partial charge in [0.15, 0.2) is 0 Å². The van der Waals surface area contributed by atoms with Crippen LogP contribution in [0.5, 0.6) is 0 Å². The lowest BCUT2D eigenvalue weighted by Crippen LogP contribution is -2.46. The minimum Gasteiger partial charge on any atom is -0.316 e. The van der Waals surface area contributed by atoms with E-state index >= 15 is 0 Å². The highest BCUT2D eigenvalue weighted by Crippen LogP contribution is 2.37. The quantitative estimate of drug-likeness (QED) is 0.760. The molecule has 1 unspecified atom stereocenters. The minimum atomic E-state index is 0.527. The molecule has 1 heterocycles. The molecule has 1 aliphatic carbocycles. The predicted octanol–water partition coefficient (Wildman–Crippen LogP) is 3.91. The van der Waals surface area contributed by atoms with Gasteiger partial charge in [0.1, 0.15) is 0 Å². The van der Waals surface area contributed by atoms with Gasteiger partial charge in [0, 0.05) is 19.1 Å². The van der Waals surface area contributed by atoms with Crippen molar-refractivity contribution in [3.63, 3.8) is 0 Å². The standard InChI is InChI=1S/C18H36N2/c1-15(2)9-12-20(17-7-5-6-8-17)14-18(16(3)4)10-11-19-13-18/h15-17,19H,5-14H2,1-4H3. The van der Waals surface area contributed by atoms with Crippen LogP contribution in [-0.4, -0.2) is 37.1 Å². The van der Waals surface area contributed by atoms with Crippen molar-refractivity contribution in [3.8, 4) is 0 Å². The van der Waals surface area contributed by atoms with Crippen LogP contribution < -0.4 is 5.32 Å². The average molecular weight is 280 g/mol. The average Bonchev–Trinajstić information content (AvgIpc) is 3.06. The third-order valence-corrected chi connectivity index (χ3v) is 5.85. The largest absolute Gasteiger partial charge is 0.316 e. The van der Waals surface area contributed by atoms with E-state index < -0.39 is 0 Å². The molecule has 1 saturated carbocycles. The first-order chi connectivity index (χ1) is 9.53. The Morgan fingerprint density at radius 1 is 1.15 bits per heavy atom. The van der Waals surface area contributed by atoms with Crippen LogP contribution >= 0.6 is 0 Å². The molecular formula is C18H36N2. The molecule has 0 bridgehead atoms. The second kappa shape index (κ2) is 7.26. The van der Waals surface area contributed by atoms with Crippen LogP contribution in [0.4, 0.5) is 0 Å². The summed E-state index contributed by atoms with van der Waals surface area (Å²) in [5.41, 5.74) is 0.527. The van der Waals surface area contributed by atoms with Crippen LogP contribution in [0.2, 0.25) is 0 Å². The maximum Gasteiger partial charge on any atom is 0.00955 e. The van der Waals surface area contributed by atoms with Crippen molar-refractivity contribution in [1.29, 1.82) is 0 Å². The molecule has 118 valence electrons. The Labute approximate surface area is 126 Å². The summed E-state index contributed by atoms with van der Waals surface area (Å²) in [5.74, 6) is 1.62. The van der Waals surface area contributed by atoms with Crippen molar-refractivity contribution < 1.29 is 0 Å². The molecule has 1 aliphatic heterocycles. The van der Waals surface area contributed by atoms with Gasteiger partial charge in [-0.3, -0.25) is 4.90 Å². The van der Waals surface area contributed by atoms with E-state index in [9.17, 15) is 0 Å². The van der Waals surface area contributed by atoms with E-state index in [4.69, 9.17) is 0 Å². The molecule has 0 radical (unpaired) electrons.